The third kappa shape index (κ3) is 4.21. The van der Waals surface area contributed by atoms with Gasteiger partial charge in [-0.1, -0.05) is 37.3 Å². The van der Waals surface area contributed by atoms with Crippen LogP contribution >= 0.6 is 0 Å². The molecule has 0 aliphatic heterocycles. The minimum absolute atomic E-state index is 0.151. The van der Waals surface area contributed by atoms with E-state index in [-0.39, 0.29) is 11.4 Å². The first-order valence-corrected chi connectivity index (χ1v) is 9.62. The fourth-order valence-corrected chi connectivity index (χ4v) is 4.16. The molecular formula is C19H25NO4S. The Morgan fingerprint density at radius 2 is 1.76 bits per heavy atom. The summed E-state index contributed by atoms with van der Waals surface area (Å²) in [5.41, 5.74) is 0.856. The van der Waals surface area contributed by atoms with Crippen LogP contribution in [0.3, 0.4) is 0 Å². The molecule has 0 saturated carbocycles. The maximum absolute atomic E-state index is 12.8. The summed E-state index contributed by atoms with van der Waals surface area (Å²) in [5, 5.41) is 0. The minimum atomic E-state index is -3.66. The number of hydrogen-bond acceptors (Lipinski definition) is 4. The van der Waals surface area contributed by atoms with Gasteiger partial charge in [0.05, 0.1) is 12.0 Å². The maximum Gasteiger partial charge on any atom is 0.240 e. The SMILES string of the molecule is CC[C@](CNS(=O)(=O)c1ccc(OC)cc1C)(OC)c1ccccc1. The second kappa shape index (κ2) is 7.99. The first-order valence-electron chi connectivity index (χ1n) is 8.13. The summed E-state index contributed by atoms with van der Waals surface area (Å²) < 4.78 is 39.1. The first kappa shape index (κ1) is 19.4. The second-order valence-corrected chi connectivity index (χ2v) is 7.61. The molecular weight excluding hydrogens is 338 g/mol. The van der Waals surface area contributed by atoms with Gasteiger partial charge in [-0.3, -0.25) is 0 Å². The maximum atomic E-state index is 12.8. The highest BCUT2D eigenvalue weighted by Crippen LogP contribution is 2.29. The van der Waals surface area contributed by atoms with Crippen LogP contribution in [0.5, 0.6) is 5.75 Å². The molecule has 0 radical (unpaired) electrons. The fourth-order valence-electron chi connectivity index (χ4n) is 2.85. The predicted molar refractivity (Wildman–Crippen MR) is 98.3 cm³/mol. The van der Waals surface area contributed by atoms with Crippen LogP contribution in [0.25, 0.3) is 0 Å². The van der Waals surface area contributed by atoms with Gasteiger partial charge >= 0.3 is 0 Å². The Labute approximate surface area is 150 Å². The van der Waals surface area contributed by atoms with Crippen LogP contribution in [-0.4, -0.2) is 29.2 Å². The highest BCUT2D eigenvalue weighted by atomic mass is 32.2. The number of benzene rings is 2. The fraction of sp³-hybridized carbons (Fsp3) is 0.368. The minimum Gasteiger partial charge on any atom is -0.497 e. The Morgan fingerprint density at radius 1 is 1.08 bits per heavy atom. The van der Waals surface area contributed by atoms with Gasteiger partial charge in [0.25, 0.3) is 0 Å². The molecule has 2 rings (SSSR count). The molecule has 0 aromatic heterocycles. The normalized spacial score (nSPS) is 14.1. The van der Waals surface area contributed by atoms with Gasteiger partial charge in [0.2, 0.25) is 10.0 Å². The molecule has 1 N–H and O–H groups in total. The van der Waals surface area contributed by atoms with Crippen molar-refractivity contribution < 1.29 is 17.9 Å². The van der Waals surface area contributed by atoms with Crippen LogP contribution in [0.15, 0.2) is 53.4 Å². The monoisotopic (exact) mass is 363 g/mol. The van der Waals surface area contributed by atoms with E-state index in [1.54, 1.807) is 39.3 Å². The Morgan fingerprint density at radius 3 is 2.28 bits per heavy atom. The quantitative estimate of drug-likeness (QED) is 0.782. The van der Waals surface area contributed by atoms with Crippen molar-refractivity contribution in [3.8, 4) is 5.75 Å². The number of methoxy groups -OCH3 is 2. The van der Waals surface area contributed by atoms with Crippen molar-refractivity contribution in [1.29, 1.82) is 0 Å². The van der Waals surface area contributed by atoms with E-state index in [4.69, 9.17) is 9.47 Å². The largest absolute Gasteiger partial charge is 0.497 e. The average molecular weight is 363 g/mol. The van der Waals surface area contributed by atoms with Crippen LogP contribution in [-0.2, 0) is 20.4 Å². The molecule has 0 heterocycles. The third-order valence-corrected chi connectivity index (χ3v) is 6.04. The molecule has 25 heavy (non-hydrogen) atoms. The van der Waals surface area contributed by atoms with Gasteiger partial charge in [0, 0.05) is 13.7 Å². The van der Waals surface area contributed by atoms with Crippen molar-refractivity contribution in [3.63, 3.8) is 0 Å². The van der Waals surface area contributed by atoms with Gasteiger partial charge in [-0.25, -0.2) is 13.1 Å². The smallest absolute Gasteiger partial charge is 0.240 e. The Hall–Kier alpha value is -1.89. The highest BCUT2D eigenvalue weighted by Gasteiger charge is 2.32. The number of hydrogen-bond donors (Lipinski definition) is 1. The number of nitrogens with one attached hydrogen (secondary N) is 1. The molecule has 136 valence electrons. The van der Waals surface area contributed by atoms with E-state index in [0.29, 0.717) is 17.7 Å². The molecule has 1 atom stereocenters. The van der Waals surface area contributed by atoms with Crippen molar-refractivity contribution in [2.45, 2.75) is 30.8 Å². The van der Waals surface area contributed by atoms with E-state index in [2.05, 4.69) is 4.72 Å². The Balaban J connectivity index is 2.28. The molecule has 0 unspecified atom stereocenters. The molecule has 2 aromatic rings. The van der Waals surface area contributed by atoms with Crippen molar-refractivity contribution in [2.75, 3.05) is 20.8 Å². The summed E-state index contributed by atoms with van der Waals surface area (Å²) in [6, 6.07) is 14.5. The predicted octanol–water partition coefficient (Wildman–Crippen LogP) is 3.23. The van der Waals surface area contributed by atoms with E-state index in [9.17, 15) is 8.42 Å². The summed E-state index contributed by atoms with van der Waals surface area (Å²) in [7, 11) is -0.511. The van der Waals surface area contributed by atoms with E-state index < -0.39 is 15.6 Å². The standard InChI is InChI=1S/C19H25NO4S/c1-5-19(24-4,16-9-7-6-8-10-16)14-20-25(21,22)18-12-11-17(23-3)13-15(18)2/h6-13,20H,5,14H2,1-4H3/t19-/m1/s1. The molecule has 0 amide bonds. The van der Waals surface area contributed by atoms with E-state index in [1.165, 1.54) is 0 Å². The number of rotatable bonds is 8. The summed E-state index contributed by atoms with van der Waals surface area (Å²) >= 11 is 0. The Kier molecular flexibility index (Phi) is 6.21. The topological polar surface area (TPSA) is 64.6 Å². The van der Waals surface area contributed by atoms with Gasteiger partial charge in [-0.05, 0) is 42.7 Å². The van der Waals surface area contributed by atoms with Crippen molar-refractivity contribution >= 4 is 10.0 Å². The molecule has 0 bridgehead atoms. The van der Waals surface area contributed by atoms with Crippen LogP contribution in [0.4, 0.5) is 0 Å². The zero-order valence-electron chi connectivity index (χ0n) is 15.1. The van der Waals surface area contributed by atoms with Crippen molar-refractivity contribution in [2.24, 2.45) is 0 Å². The highest BCUT2D eigenvalue weighted by molar-refractivity contribution is 7.89. The van der Waals surface area contributed by atoms with Crippen LogP contribution in [0, 0.1) is 6.92 Å². The van der Waals surface area contributed by atoms with E-state index >= 15 is 0 Å². The second-order valence-electron chi connectivity index (χ2n) is 5.87. The number of sulfonamides is 1. The van der Waals surface area contributed by atoms with Gasteiger partial charge in [-0.2, -0.15) is 0 Å². The molecule has 0 aliphatic carbocycles. The molecule has 0 spiro atoms. The lowest BCUT2D eigenvalue weighted by molar-refractivity contribution is -0.0133. The molecule has 6 heteroatoms. The van der Waals surface area contributed by atoms with Gasteiger partial charge in [0.15, 0.2) is 0 Å². The zero-order valence-corrected chi connectivity index (χ0v) is 15.9. The molecule has 5 nitrogen and oxygen atoms in total. The lowest BCUT2D eigenvalue weighted by Crippen LogP contribution is -2.42. The lowest BCUT2D eigenvalue weighted by atomic mass is 9.91. The molecule has 2 aromatic carbocycles. The first-order chi connectivity index (χ1) is 11.9. The van der Waals surface area contributed by atoms with Crippen LogP contribution < -0.4 is 9.46 Å². The van der Waals surface area contributed by atoms with Gasteiger partial charge < -0.3 is 9.47 Å². The van der Waals surface area contributed by atoms with E-state index in [1.807, 2.05) is 37.3 Å². The number of ether oxygens (including phenoxy) is 2. The van der Waals surface area contributed by atoms with Crippen molar-refractivity contribution in [3.05, 3.63) is 59.7 Å². The lowest BCUT2D eigenvalue weighted by Gasteiger charge is -2.32. The number of aryl methyl sites for hydroxylation is 1. The van der Waals surface area contributed by atoms with Gasteiger partial charge in [-0.15, -0.1) is 0 Å². The summed E-state index contributed by atoms with van der Waals surface area (Å²) in [6.45, 7) is 3.87. The summed E-state index contributed by atoms with van der Waals surface area (Å²) in [4.78, 5) is 0.238. The van der Waals surface area contributed by atoms with Crippen molar-refractivity contribution in [1.82, 2.24) is 4.72 Å². The zero-order chi connectivity index (χ0) is 18.5. The molecule has 0 fully saturated rings. The third-order valence-electron chi connectivity index (χ3n) is 4.48. The van der Waals surface area contributed by atoms with Gasteiger partial charge in [0.1, 0.15) is 11.4 Å². The average Bonchev–Trinajstić information content (AvgIpc) is 2.63. The van der Waals surface area contributed by atoms with Crippen LogP contribution in [0.2, 0.25) is 0 Å². The summed E-state index contributed by atoms with van der Waals surface area (Å²) in [5.74, 6) is 0.625. The Bertz CT molecular complexity index is 799. The van der Waals surface area contributed by atoms with E-state index in [0.717, 1.165) is 5.56 Å². The molecule has 0 saturated heterocycles. The van der Waals surface area contributed by atoms with Crippen LogP contribution in [0.1, 0.15) is 24.5 Å². The molecule has 0 aliphatic rings. The summed E-state index contributed by atoms with van der Waals surface area (Å²) in [6.07, 6.45) is 0.637.